The minimum Gasteiger partial charge on any atom is -0.384 e. The van der Waals surface area contributed by atoms with Gasteiger partial charge in [-0.2, -0.15) is 0 Å². The van der Waals surface area contributed by atoms with Crippen molar-refractivity contribution in [2.75, 3.05) is 0 Å². The molecule has 22 heavy (non-hydrogen) atoms. The molecule has 0 aromatic heterocycles. The van der Waals surface area contributed by atoms with Gasteiger partial charge in [0.1, 0.15) is 11.9 Å². The molecule has 0 amide bonds. The van der Waals surface area contributed by atoms with Gasteiger partial charge in [-0.15, -0.1) is 0 Å². The molecule has 0 aliphatic heterocycles. The van der Waals surface area contributed by atoms with Crippen molar-refractivity contribution < 1.29 is 9.50 Å². The Kier molecular flexibility index (Phi) is 4.36. The SMILES string of the molecule is OC(c1ccccc1)c1c(Br)ccc(-c2ccccc2)c1F. The molecular formula is C19H14BrFO. The van der Waals surface area contributed by atoms with E-state index >= 15 is 0 Å². The van der Waals surface area contributed by atoms with E-state index in [2.05, 4.69) is 15.9 Å². The lowest BCUT2D eigenvalue weighted by Gasteiger charge is -2.16. The van der Waals surface area contributed by atoms with Gasteiger partial charge in [0.2, 0.25) is 0 Å². The van der Waals surface area contributed by atoms with Crippen molar-refractivity contribution in [1.29, 1.82) is 0 Å². The molecule has 0 fully saturated rings. The van der Waals surface area contributed by atoms with Gasteiger partial charge in [0.15, 0.2) is 0 Å². The molecule has 0 bridgehead atoms. The summed E-state index contributed by atoms with van der Waals surface area (Å²) in [6.07, 6.45) is -1.01. The third-order valence-electron chi connectivity index (χ3n) is 3.60. The number of aliphatic hydroxyl groups excluding tert-OH is 1. The number of rotatable bonds is 3. The molecule has 0 aliphatic carbocycles. The molecule has 110 valence electrons. The lowest BCUT2D eigenvalue weighted by atomic mass is 9.96. The van der Waals surface area contributed by atoms with Crippen molar-refractivity contribution >= 4 is 15.9 Å². The van der Waals surface area contributed by atoms with Gasteiger partial charge >= 0.3 is 0 Å². The lowest BCUT2D eigenvalue weighted by molar-refractivity contribution is 0.214. The largest absolute Gasteiger partial charge is 0.384 e. The second-order valence-electron chi connectivity index (χ2n) is 5.00. The van der Waals surface area contributed by atoms with Crippen LogP contribution in [0, 0.1) is 5.82 Å². The van der Waals surface area contributed by atoms with E-state index in [0.717, 1.165) is 5.56 Å². The van der Waals surface area contributed by atoms with Crippen LogP contribution in [0.25, 0.3) is 11.1 Å². The summed E-state index contributed by atoms with van der Waals surface area (Å²) in [6.45, 7) is 0. The van der Waals surface area contributed by atoms with Crippen LogP contribution in [0.4, 0.5) is 4.39 Å². The summed E-state index contributed by atoms with van der Waals surface area (Å²) in [5.41, 5.74) is 2.18. The van der Waals surface area contributed by atoms with Gasteiger partial charge in [0.05, 0.1) is 0 Å². The van der Waals surface area contributed by atoms with Crippen LogP contribution in [0.5, 0.6) is 0 Å². The summed E-state index contributed by atoms with van der Waals surface area (Å²) in [5.74, 6) is -0.406. The van der Waals surface area contributed by atoms with Gasteiger partial charge in [-0.25, -0.2) is 4.39 Å². The highest BCUT2D eigenvalue weighted by atomic mass is 79.9. The quantitative estimate of drug-likeness (QED) is 0.671. The van der Waals surface area contributed by atoms with Crippen LogP contribution < -0.4 is 0 Å². The molecule has 3 aromatic carbocycles. The number of aliphatic hydroxyl groups is 1. The fraction of sp³-hybridized carbons (Fsp3) is 0.0526. The molecule has 0 aliphatic rings. The highest BCUT2D eigenvalue weighted by Crippen LogP contribution is 2.35. The first-order valence-corrected chi connectivity index (χ1v) is 7.74. The second kappa shape index (κ2) is 6.42. The third kappa shape index (κ3) is 2.82. The predicted octanol–water partition coefficient (Wildman–Crippen LogP) is 5.34. The van der Waals surface area contributed by atoms with E-state index in [-0.39, 0.29) is 5.56 Å². The van der Waals surface area contributed by atoms with Gasteiger partial charge in [0, 0.05) is 15.6 Å². The van der Waals surface area contributed by atoms with Crippen molar-refractivity contribution in [3.63, 3.8) is 0 Å². The summed E-state index contributed by atoms with van der Waals surface area (Å²) in [4.78, 5) is 0. The first-order valence-electron chi connectivity index (χ1n) is 6.95. The maximum atomic E-state index is 15.0. The highest BCUT2D eigenvalue weighted by molar-refractivity contribution is 9.10. The molecule has 1 atom stereocenters. The van der Waals surface area contributed by atoms with Crippen molar-refractivity contribution in [3.8, 4) is 11.1 Å². The summed E-state index contributed by atoms with van der Waals surface area (Å²) >= 11 is 3.35. The average Bonchev–Trinajstić information content (AvgIpc) is 2.56. The average molecular weight is 357 g/mol. The fourth-order valence-corrected chi connectivity index (χ4v) is 2.99. The van der Waals surface area contributed by atoms with Crippen molar-refractivity contribution in [2.24, 2.45) is 0 Å². The molecule has 0 saturated heterocycles. The van der Waals surface area contributed by atoms with Crippen molar-refractivity contribution in [1.82, 2.24) is 0 Å². The maximum absolute atomic E-state index is 15.0. The molecule has 0 radical (unpaired) electrons. The molecule has 3 heteroatoms. The number of hydrogen-bond acceptors (Lipinski definition) is 1. The van der Waals surface area contributed by atoms with E-state index in [1.54, 1.807) is 24.3 Å². The predicted molar refractivity (Wildman–Crippen MR) is 90.0 cm³/mol. The van der Waals surface area contributed by atoms with E-state index in [1.807, 2.05) is 48.5 Å². The molecular weight excluding hydrogens is 343 g/mol. The molecule has 3 aromatic rings. The van der Waals surface area contributed by atoms with Crippen LogP contribution in [0.15, 0.2) is 77.3 Å². The second-order valence-corrected chi connectivity index (χ2v) is 5.86. The molecule has 1 N–H and O–H groups in total. The Morgan fingerprint density at radius 2 is 1.41 bits per heavy atom. The highest BCUT2D eigenvalue weighted by Gasteiger charge is 2.21. The number of halogens is 2. The van der Waals surface area contributed by atoms with Crippen LogP contribution in [0.1, 0.15) is 17.2 Å². The first kappa shape index (κ1) is 14.9. The summed E-state index contributed by atoms with van der Waals surface area (Å²) in [5, 5.41) is 10.6. The molecule has 0 saturated carbocycles. The summed E-state index contributed by atoms with van der Waals surface area (Å²) in [7, 11) is 0. The van der Waals surface area contributed by atoms with Crippen molar-refractivity contribution in [2.45, 2.75) is 6.10 Å². The van der Waals surface area contributed by atoms with Crippen molar-refractivity contribution in [3.05, 3.63) is 94.2 Å². The molecule has 0 spiro atoms. The van der Waals surface area contributed by atoms with E-state index < -0.39 is 11.9 Å². The Bertz CT molecular complexity index is 772. The zero-order valence-electron chi connectivity index (χ0n) is 11.7. The van der Waals surface area contributed by atoms with E-state index in [4.69, 9.17) is 0 Å². The van der Waals surface area contributed by atoms with Crippen LogP contribution >= 0.6 is 15.9 Å². The topological polar surface area (TPSA) is 20.2 Å². The van der Waals surface area contributed by atoms with Gasteiger partial charge in [0.25, 0.3) is 0 Å². The molecule has 1 nitrogen and oxygen atoms in total. The van der Waals surface area contributed by atoms with Crippen LogP contribution in [-0.4, -0.2) is 5.11 Å². The minimum atomic E-state index is -1.01. The Morgan fingerprint density at radius 3 is 2.05 bits per heavy atom. The standard InChI is InChI=1S/C19H14BrFO/c20-16-12-11-15(13-7-3-1-4-8-13)18(21)17(16)19(22)14-9-5-2-6-10-14/h1-12,19,22H. The first-order chi connectivity index (χ1) is 10.7. The number of hydrogen-bond donors (Lipinski definition) is 1. The Balaban J connectivity index is 2.12. The van der Waals surface area contributed by atoms with Gasteiger partial charge in [-0.1, -0.05) is 82.7 Å². The zero-order chi connectivity index (χ0) is 15.5. The molecule has 1 unspecified atom stereocenters. The third-order valence-corrected chi connectivity index (χ3v) is 4.29. The fourth-order valence-electron chi connectivity index (χ4n) is 2.46. The molecule has 3 rings (SSSR count). The lowest BCUT2D eigenvalue weighted by Crippen LogP contribution is -2.05. The van der Waals surface area contributed by atoms with Gasteiger partial charge in [-0.05, 0) is 17.2 Å². The Labute approximate surface area is 137 Å². The van der Waals surface area contributed by atoms with Crippen LogP contribution in [0.3, 0.4) is 0 Å². The molecule has 0 heterocycles. The summed E-state index contributed by atoms with van der Waals surface area (Å²) < 4.78 is 15.5. The van der Waals surface area contributed by atoms with Crippen LogP contribution in [-0.2, 0) is 0 Å². The van der Waals surface area contributed by atoms with Crippen LogP contribution in [0.2, 0.25) is 0 Å². The Morgan fingerprint density at radius 1 is 0.818 bits per heavy atom. The van der Waals surface area contributed by atoms with Gasteiger partial charge < -0.3 is 5.11 Å². The maximum Gasteiger partial charge on any atom is 0.138 e. The number of benzene rings is 3. The summed E-state index contributed by atoms with van der Waals surface area (Å²) in [6, 6.07) is 21.9. The van der Waals surface area contributed by atoms with E-state index in [0.29, 0.717) is 15.6 Å². The van der Waals surface area contributed by atoms with Gasteiger partial charge in [-0.3, -0.25) is 0 Å². The normalized spacial score (nSPS) is 12.1. The monoisotopic (exact) mass is 356 g/mol. The zero-order valence-corrected chi connectivity index (χ0v) is 13.3. The van der Waals surface area contributed by atoms with E-state index in [9.17, 15) is 9.50 Å². The van der Waals surface area contributed by atoms with E-state index in [1.165, 1.54) is 0 Å². The Hall–Kier alpha value is -1.97. The minimum absolute atomic E-state index is 0.257. The smallest absolute Gasteiger partial charge is 0.138 e.